The number of benzene rings is 1. The Labute approximate surface area is 134 Å². The first-order valence-corrected chi connectivity index (χ1v) is 6.61. The summed E-state index contributed by atoms with van der Waals surface area (Å²) in [5.41, 5.74) is 6.14. The number of rotatable bonds is 6. The maximum absolute atomic E-state index is 11.7. The van der Waals surface area contributed by atoms with Gasteiger partial charge in [0.25, 0.3) is 0 Å². The van der Waals surface area contributed by atoms with Gasteiger partial charge >= 0.3 is 0 Å². The Kier molecular flexibility index (Phi) is 6.81. The molecule has 2 aromatic rings. The molecule has 8 heteroatoms. The molecule has 0 spiro atoms. The minimum absolute atomic E-state index is 0. The third-order valence-electron chi connectivity index (χ3n) is 2.86. The lowest BCUT2D eigenvalue weighted by molar-refractivity contribution is -0.119. The molecule has 1 unspecified atom stereocenters. The van der Waals surface area contributed by atoms with Crippen LogP contribution in [0.1, 0.15) is 18.6 Å². The summed E-state index contributed by atoms with van der Waals surface area (Å²) in [7, 11) is 0. The van der Waals surface area contributed by atoms with E-state index in [9.17, 15) is 4.79 Å². The van der Waals surface area contributed by atoms with Crippen molar-refractivity contribution in [2.45, 2.75) is 20.5 Å². The number of nitrogens with zero attached hydrogens (tertiary/aromatic N) is 2. The lowest BCUT2D eigenvalue weighted by atomic mass is 10.1. The molecular formula is C14H19ClN4O3. The quantitative estimate of drug-likeness (QED) is 0.840. The van der Waals surface area contributed by atoms with Gasteiger partial charge in [0.15, 0.2) is 6.61 Å². The smallest absolute Gasteiger partial charge is 0.228 e. The van der Waals surface area contributed by atoms with Crippen LogP contribution >= 0.6 is 12.4 Å². The van der Waals surface area contributed by atoms with Gasteiger partial charge in [0.1, 0.15) is 5.75 Å². The minimum atomic E-state index is -0.220. The number of carbonyl (C=O) groups excluding carboxylic acids is 1. The summed E-state index contributed by atoms with van der Waals surface area (Å²) in [4.78, 5) is 15.7. The number of hydrogen-bond acceptors (Lipinski definition) is 6. The number of aromatic nitrogens is 2. The van der Waals surface area contributed by atoms with Gasteiger partial charge in [-0.15, -0.1) is 12.4 Å². The lowest BCUT2D eigenvalue weighted by Crippen LogP contribution is -2.26. The van der Waals surface area contributed by atoms with Crippen molar-refractivity contribution in [2.24, 2.45) is 11.7 Å². The van der Waals surface area contributed by atoms with Crippen molar-refractivity contribution in [2.75, 3.05) is 11.9 Å². The summed E-state index contributed by atoms with van der Waals surface area (Å²) in [6, 6.07) is 7.04. The van der Waals surface area contributed by atoms with E-state index in [-0.39, 0.29) is 30.8 Å². The van der Waals surface area contributed by atoms with Crippen LogP contribution in [0.15, 0.2) is 28.8 Å². The topological polar surface area (TPSA) is 103 Å². The van der Waals surface area contributed by atoms with E-state index in [0.29, 0.717) is 29.7 Å². The van der Waals surface area contributed by atoms with E-state index < -0.39 is 0 Å². The van der Waals surface area contributed by atoms with E-state index >= 15 is 0 Å². The Morgan fingerprint density at radius 1 is 1.41 bits per heavy atom. The number of carbonyl (C=O) groups is 1. The molecule has 0 aliphatic rings. The summed E-state index contributed by atoms with van der Waals surface area (Å²) in [5, 5.41) is 6.52. The van der Waals surface area contributed by atoms with Gasteiger partial charge in [-0.05, 0) is 24.3 Å². The van der Waals surface area contributed by atoms with E-state index in [1.807, 2.05) is 0 Å². The molecule has 0 saturated carbocycles. The van der Waals surface area contributed by atoms with Crippen LogP contribution < -0.4 is 15.8 Å². The molecule has 1 aromatic carbocycles. The Morgan fingerprint density at radius 2 is 2.09 bits per heavy atom. The fourth-order valence-corrected chi connectivity index (χ4v) is 1.55. The third-order valence-corrected chi connectivity index (χ3v) is 2.86. The van der Waals surface area contributed by atoms with Crippen molar-refractivity contribution in [3.05, 3.63) is 36.0 Å². The van der Waals surface area contributed by atoms with Crippen LogP contribution in [-0.2, 0) is 11.4 Å². The number of amides is 1. The van der Waals surface area contributed by atoms with Gasteiger partial charge in [-0.25, -0.2) is 0 Å². The van der Waals surface area contributed by atoms with Crippen LogP contribution in [0.2, 0.25) is 0 Å². The highest BCUT2D eigenvalue weighted by molar-refractivity contribution is 5.92. The van der Waals surface area contributed by atoms with Crippen LogP contribution in [0, 0.1) is 12.8 Å². The number of nitrogens with two attached hydrogens (primary N) is 1. The van der Waals surface area contributed by atoms with Crippen molar-refractivity contribution in [1.82, 2.24) is 10.1 Å². The molecule has 3 N–H and O–H groups in total. The van der Waals surface area contributed by atoms with Gasteiger partial charge < -0.3 is 20.3 Å². The maximum atomic E-state index is 11.7. The highest BCUT2D eigenvalue weighted by Crippen LogP contribution is 2.17. The number of hydrogen-bond donors (Lipinski definition) is 2. The first kappa shape index (κ1) is 17.9. The van der Waals surface area contributed by atoms with Crippen molar-refractivity contribution >= 4 is 24.0 Å². The molecule has 1 amide bonds. The molecule has 0 aliphatic heterocycles. The number of nitrogens with one attached hydrogen (secondary N) is 1. The second kappa shape index (κ2) is 8.35. The molecule has 0 bridgehead atoms. The summed E-state index contributed by atoms with van der Waals surface area (Å²) in [5.74, 6) is 1.32. The molecule has 2 rings (SSSR count). The summed E-state index contributed by atoms with van der Waals surface area (Å²) in [6.07, 6.45) is 0. The van der Waals surface area contributed by atoms with Crippen LogP contribution in [0.4, 0.5) is 5.69 Å². The molecule has 0 fully saturated rings. The minimum Gasteiger partial charge on any atom is -0.485 e. The van der Waals surface area contributed by atoms with Crippen LogP contribution in [0.3, 0.4) is 0 Å². The Bertz CT molecular complexity index is 600. The fraction of sp³-hybridized carbons (Fsp3) is 0.357. The first-order valence-electron chi connectivity index (χ1n) is 6.61. The average Bonchev–Trinajstić information content (AvgIpc) is 2.91. The van der Waals surface area contributed by atoms with Gasteiger partial charge in [0.2, 0.25) is 17.6 Å². The predicted molar refractivity (Wildman–Crippen MR) is 83.9 cm³/mol. The standard InChI is InChI=1S/C14H18N4O3.ClH/c1-9(7-15)14(19)17-11-3-5-12(6-4-11)20-8-13-16-10(2)21-18-13;/h3-6,9H,7-8,15H2,1-2H3,(H,17,19);1H. The number of aryl methyl sites for hydroxylation is 1. The lowest BCUT2D eigenvalue weighted by Gasteiger charge is -2.10. The van der Waals surface area contributed by atoms with E-state index in [2.05, 4.69) is 15.5 Å². The van der Waals surface area contributed by atoms with Gasteiger partial charge in [-0.1, -0.05) is 12.1 Å². The molecule has 7 nitrogen and oxygen atoms in total. The summed E-state index contributed by atoms with van der Waals surface area (Å²) < 4.78 is 10.4. The monoisotopic (exact) mass is 326 g/mol. The second-order valence-corrected chi connectivity index (χ2v) is 4.67. The number of ether oxygens (including phenoxy) is 1. The third kappa shape index (κ3) is 5.01. The van der Waals surface area contributed by atoms with Crippen LogP contribution in [-0.4, -0.2) is 22.6 Å². The summed E-state index contributed by atoms with van der Waals surface area (Å²) in [6.45, 7) is 4.04. The Morgan fingerprint density at radius 3 is 2.64 bits per heavy atom. The first-order chi connectivity index (χ1) is 10.1. The molecule has 0 aliphatic carbocycles. The van der Waals surface area contributed by atoms with E-state index in [1.165, 1.54) is 0 Å². The zero-order valence-corrected chi connectivity index (χ0v) is 13.2. The molecule has 0 radical (unpaired) electrons. The van der Waals surface area contributed by atoms with Crippen molar-refractivity contribution in [3.8, 4) is 5.75 Å². The zero-order valence-electron chi connectivity index (χ0n) is 12.4. The van der Waals surface area contributed by atoms with Gasteiger partial charge in [0, 0.05) is 25.1 Å². The van der Waals surface area contributed by atoms with E-state index in [0.717, 1.165) is 0 Å². The molecule has 22 heavy (non-hydrogen) atoms. The molecule has 120 valence electrons. The van der Waals surface area contributed by atoms with Gasteiger partial charge in [-0.2, -0.15) is 4.98 Å². The number of halogens is 1. The van der Waals surface area contributed by atoms with Gasteiger partial charge in [0.05, 0.1) is 0 Å². The fourth-order valence-electron chi connectivity index (χ4n) is 1.55. The molecule has 1 atom stereocenters. The Hall–Kier alpha value is -2.12. The van der Waals surface area contributed by atoms with Crippen molar-refractivity contribution < 1.29 is 14.1 Å². The van der Waals surface area contributed by atoms with Crippen LogP contribution in [0.25, 0.3) is 0 Å². The normalized spacial score (nSPS) is 11.4. The molecular weight excluding hydrogens is 308 g/mol. The number of anilines is 1. The second-order valence-electron chi connectivity index (χ2n) is 4.67. The predicted octanol–water partition coefficient (Wildman–Crippen LogP) is 1.91. The summed E-state index contributed by atoms with van der Waals surface area (Å²) >= 11 is 0. The Balaban J connectivity index is 0.00000242. The van der Waals surface area contributed by atoms with E-state index in [4.69, 9.17) is 15.0 Å². The molecule has 1 heterocycles. The average molecular weight is 327 g/mol. The SMILES string of the molecule is Cc1nc(COc2ccc(NC(=O)C(C)CN)cc2)no1.Cl. The van der Waals surface area contributed by atoms with Crippen LogP contribution in [0.5, 0.6) is 5.75 Å². The van der Waals surface area contributed by atoms with E-state index in [1.54, 1.807) is 38.1 Å². The van der Waals surface area contributed by atoms with Crippen molar-refractivity contribution in [3.63, 3.8) is 0 Å². The molecule has 1 aromatic heterocycles. The molecule has 0 saturated heterocycles. The highest BCUT2D eigenvalue weighted by atomic mass is 35.5. The zero-order chi connectivity index (χ0) is 15.2. The maximum Gasteiger partial charge on any atom is 0.228 e. The highest BCUT2D eigenvalue weighted by Gasteiger charge is 2.10. The largest absolute Gasteiger partial charge is 0.485 e. The van der Waals surface area contributed by atoms with Crippen molar-refractivity contribution in [1.29, 1.82) is 0 Å². The van der Waals surface area contributed by atoms with Gasteiger partial charge in [-0.3, -0.25) is 4.79 Å².